The predicted octanol–water partition coefficient (Wildman–Crippen LogP) is 2.65. The number of amides is 1. The summed E-state index contributed by atoms with van der Waals surface area (Å²) in [7, 11) is -2.13. The predicted molar refractivity (Wildman–Crippen MR) is 137 cm³/mol. The van der Waals surface area contributed by atoms with E-state index in [0.29, 0.717) is 19.3 Å². The number of hydrogen-bond acceptors (Lipinski definition) is 11. The quantitative estimate of drug-likeness (QED) is 0.0688. The lowest BCUT2D eigenvalue weighted by Crippen LogP contribution is -2.30. The summed E-state index contributed by atoms with van der Waals surface area (Å²) in [4.78, 5) is 36.1. The highest BCUT2D eigenvalue weighted by molar-refractivity contribution is 8.13. The minimum atomic E-state index is -3.90. The van der Waals surface area contributed by atoms with E-state index in [-0.39, 0.29) is 54.9 Å². The van der Waals surface area contributed by atoms with Crippen LogP contribution in [-0.4, -0.2) is 79.2 Å². The fraction of sp³-hybridized carbons (Fsp3) is 0.727. The summed E-state index contributed by atoms with van der Waals surface area (Å²) in [5, 5.41) is 12.3. The van der Waals surface area contributed by atoms with Crippen LogP contribution in [0.1, 0.15) is 47.5 Å². The van der Waals surface area contributed by atoms with Gasteiger partial charge >= 0.3 is 13.7 Å². The Morgan fingerprint density at radius 3 is 2.58 bits per heavy atom. The van der Waals surface area contributed by atoms with Crippen molar-refractivity contribution in [1.29, 1.82) is 5.41 Å². The van der Waals surface area contributed by atoms with E-state index in [1.165, 1.54) is 6.08 Å². The van der Waals surface area contributed by atoms with Crippen LogP contribution in [0.4, 0.5) is 0 Å². The Hall–Kier alpha value is -1.76. The molecule has 1 aliphatic heterocycles. The van der Waals surface area contributed by atoms with E-state index in [2.05, 4.69) is 10.4 Å². The number of rotatable bonds is 15. The van der Waals surface area contributed by atoms with E-state index >= 15 is 0 Å². The Kier molecular flexibility index (Phi) is 13.9. The molecule has 0 radical (unpaired) electrons. The van der Waals surface area contributed by atoms with Crippen LogP contribution in [0.2, 0.25) is 0 Å². The van der Waals surface area contributed by atoms with Crippen molar-refractivity contribution in [3.8, 4) is 0 Å². The fourth-order valence-electron chi connectivity index (χ4n) is 2.79. The zero-order chi connectivity index (χ0) is 27.4. The van der Waals surface area contributed by atoms with Gasteiger partial charge in [0.1, 0.15) is 18.6 Å². The average molecular weight is 551 g/mol. The number of nitrogens with zero attached hydrogens (tertiary/aromatic N) is 1. The molecule has 0 spiro atoms. The maximum Gasteiger partial charge on any atom is 0.406 e. The highest BCUT2D eigenvalue weighted by Gasteiger charge is 2.32. The number of carbonyl (C=O) groups excluding carboxylic acids is 3. The van der Waals surface area contributed by atoms with Gasteiger partial charge in [0, 0.05) is 24.4 Å². The van der Waals surface area contributed by atoms with Crippen molar-refractivity contribution in [2.75, 3.05) is 32.6 Å². The maximum absolute atomic E-state index is 13.3. The lowest BCUT2D eigenvalue weighted by atomic mass is 10.00. The van der Waals surface area contributed by atoms with Crippen molar-refractivity contribution in [3.63, 3.8) is 0 Å². The van der Waals surface area contributed by atoms with Crippen LogP contribution in [0.15, 0.2) is 12.3 Å². The third-order valence-electron chi connectivity index (χ3n) is 4.63. The fourth-order valence-corrected chi connectivity index (χ4v) is 4.98. The number of carbonyl (C=O) groups is 3. The van der Waals surface area contributed by atoms with E-state index in [0.717, 1.165) is 11.8 Å². The molecule has 1 saturated heterocycles. The standard InChI is InChI=1S/C22H39N4O8PS/c1-16(2)33-20(28)13-25-35(30,31-11-12-36-21(29)22(3,4)5)32-14-17-7-8-19(34-17)26(6)10-9-18(23)24-15-27/h9-10,15-17,19H,7-8,11-14H2,1-6H3,(H,25,30)(H2,23,24,27)/b10-9-. The Labute approximate surface area is 217 Å². The van der Waals surface area contributed by atoms with Crippen molar-refractivity contribution >= 4 is 42.8 Å². The van der Waals surface area contributed by atoms with Gasteiger partial charge in [0.25, 0.3) is 0 Å². The molecule has 1 rings (SSSR count). The van der Waals surface area contributed by atoms with E-state index in [4.69, 9.17) is 23.9 Å². The van der Waals surface area contributed by atoms with Crippen molar-refractivity contribution in [1.82, 2.24) is 15.3 Å². The zero-order valence-electron chi connectivity index (χ0n) is 21.8. The van der Waals surface area contributed by atoms with E-state index in [1.807, 2.05) is 20.8 Å². The summed E-state index contributed by atoms with van der Waals surface area (Å²) in [6.45, 7) is 8.40. The zero-order valence-corrected chi connectivity index (χ0v) is 23.5. The molecule has 12 nitrogen and oxygen atoms in total. The largest absolute Gasteiger partial charge is 0.462 e. The van der Waals surface area contributed by atoms with Gasteiger partial charge in [-0.05, 0) is 32.8 Å². The third-order valence-corrected chi connectivity index (χ3v) is 7.44. The molecule has 0 aromatic rings. The van der Waals surface area contributed by atoms with Crippen LogP contribution in [0.25, 0.3) is 0 Å². The molecule has 1 amide bonds. The molecule has 0 aliphatic carbocycles. The number of amidine groups is 1. The van der Waals surface area contributed by atoms with Gasteiger partial charge in [-0.2, -0.15) is 0 Å². The third kappa shape index (κ3) is 13.0. The number of ether oxygens (including phenoxy) is 2. The van der Waals surface area contributed by atoms with Crippen molar-refractivity contribution in [2.45, 2.75) is 65.9 Å². The second-order valence-corrected chi connectivity index (χ2v) is 12.2. The molecule has 206 valence electrons. The van der Waals surface area contributed by atoms with E-state index < -0.39 is 19.1 Å². The highest BCUT2D eigenvalue weighted by Crippen LogP contribution is 2.44. The molecule has 0 aromatic carbocycles. The molecule has 0 bridgehead atoms. The number of esters is 1. The number of thioether (sulfide) groups is 1. The second kappa shape index (κ2) is 15.5. The molecule has 1 aliphatic rings. The minimum Gasteiger partial charge on any atom is -0.462 e. The molecule has 0 aromatic heterocycles. The van der Waals surface area contributed by atoms with Gasteiger partial charge in [-0.3, -0.25) is 28.8 Å². The Morgan fingerprint density at radius 1 is 1.28 bits per heavy atom. The van der Waals surface area contributed by atoms with Gasteiger partial charge in [0.2, 0.25) is 6.41 Å². The molecule has 1 fully saturated rings. The molecular formula is C22H39N4O8PS. The Balaban J connectivity index is 2.64. The normalized spacial score (nSPS) is 19.8. The van der Waals surface area contributed by atoms with E-state index in [1.54, 1.807) is 32.0 Å². The molecule has 3 unspecified atom stereocenters. The first-order valence-electron chi connectivity index (χ1n) is 11.6. The Bertz CT molecular complexity index is 833. The van der Waals surface area contributed by atoms with Gasteiger partial charge in [0.15, 0.2) is 5.12 Å². The molecular weight excluding hydrogens is 511 g/mol. The molecule has 14 heteroatoms. The smallest absolute Gasteiger partial charge is 0.406 e. The topological polar surface area (TPSA) is 156 Å². The summed E-state index contributed by atoms with van der Waals surface area (Å²) < 4.78 is 35.3. The SMILES string of the molecule is CC(C)OC(=O)CNP(=O)(OCCSC(=O)C(C)(C)C)OCC1CCC(N(C)/C=C\C(=N)NC=O)O1. The summed E-state index contributed by atoms with van der Waals surface area (Å²) in [6, 6.07) is 0. The van der Waals surface area contributed by atoms with Gasteiger partial charge in [-0.25, -0.2) is 9.65 Å². The maximum atomic E-state index is 13.3. The highest BCUT2D eigenvalue weighted by atomic mass is 32.2. The van der Waals surface area contributed by atoms with Crippen LogP contribution in [0.3, 0.4) is 0 Å². The number of hydrogen-bond donors (Lipinski definition) is 3. The summed E-state index contributed by atoms with van der Waals surface area (Å²) in [6.07, 6.45) is 3.74. The molecule has 3 N–H and O–H groups in total. The molecule has 0 saturated carbocycles. The van der Waals surface area contributed by atoms with E-state index in [9.17, 15) is 18.9 Å². The Morgan fingerprint density at radius 2 is 1.97 bits per heavy atom. The first kappa shape index (κ1) is 32.3. The molecule has 36 heavy (non-hydrogen) atoms. The number of nitrogens with one attached hydrogen (secondary N) is 3. The van der Waals surface area contributed by atoms with Crippen molar-refractivity contribution in [2.24, 2.45) is 5.41 Å². The summed E-state index contributed by atoms with van der Waals surface area (Å²) >= 11 is 1.08. The first-order chi connectivity index (χ1) is 16.8. The van der Waals surface area contributed by atoms with Crippen LogP contribution < -0.4 is 10.4 Å². The van der Waals surface area contributed by atoms with Gasteiger partial charge < -0.3 is 19.7 Å². The van der Waals surface area contributed by atoms with Gasteiger partial charge in [-0.15, -0.1) is 0 Å². The minimum absolute atomic E-state index is 0.0176. The van der Waals surface area contributed by atoms with Crippen LogP contribution >= 0.6 is 19.5 Å². The van der Waals surface area contributed by atoms with Gasteiger partial charge in [-0.1, -0.05) is 32.5 Å². The lowest BCUT2D eigenvalue weighted by Gasteiger charge is -2.24. The van der Waals surface area contributed by atoms with Crippen LogP contribution in [-0.2, 0) is 37.5 Å². The summed E-state index contributed by atoms with van der Waals surface area (Å²) in [5.74, 6) is -0.388. The van der Waals surface area contributed by atoms with Crippen LogP contribution in [0.5, 0.6) is 0 Å². The second-order valence-electron chi connectivity index (χ2n) is 9.33. The average Bonchev–Trinajstić information content (AvgIpc) is 3.26. The monoisotopic (exact) mass is 550 g/mol. The van der Waals surface area contributed by atoms with Crippen molar-refractivity contribution in [3.05, 3.63) is 12.3 Å². The molecule has 3 atom stereocenters. The van der Waals surface area contributed by atoms with Crippen LogP contribution in [0, 0.1) is 10.8 Å². The van der Waals surface area contributed by atoms with Crippen molar-refractivity contribution < 1.29 is 37.5 Å². The first-order valence-corrected chi connectivity index (χ1v) is 14.1. The van der Waals surface area contributed by atoms with Gasteiger partial charge in [0.05, 0.1) is 25.4 Å². The lowest BCUT2D eigenvalue weighted by molar-refractivity contribution is -0.146. The summed E-state index contributed by atoms with van der Waals surface area (Å²) in [5.41, 5.74) is -0.506. The molecule has 1 heterocycles.